The SMILES string of the molecule is COC1CC2(C1)CC(O)c1cc(Br)ccc1O2. The molecule has 1 N–H and O–H groups in total. The molecule has 3 rings (SSSR count). The maximum Gasteiger partial charge on any atom is 0.126 e. The first-order valence-corrected chi connectivity index (χ1v) is 6.60. The summed E-state index contributed by atoms with van der Waals surface area (Å²) in [5, 5.41) is 10.2. The summed E-state index contributed by atoms with van der Waals surface area (Å²) in [6.45, 7) is 0. The van der Waals surface area contributed by atoms with E-state index >= 15 is 0 Å². The summed E-state index contributed by atoms with van der Waals surface area (Å²) in [4.78, 5) is 0. The van der Waals surface area contributed by atoms with Gasteiger partial charge in [0.15, 0.2) is 0 Å². The fraction of sp³-hybridized carbons (Fsp3) is 0.538. The summed E-state index contributed by atoms with van der Waals surface area (Å²) >= 11 is 3.41. The molecule has 0 radical (unpaired) electrons. The van der Waals surface area contributed by atoms with Crippen LogP contribution >= 0.6 is 15.9 Å². The maximum absolute atomic E-state index is 10.2. The molecule has 1 heterocycles. The van der Waals surface area contributed by atoms with Crippen LogP contribution in [-0.2, 0) is 4.74 Å². The quantitative estimate of drug-likeness (QED) is 0.866. The third-order valence-electron chi connectivity index (χ3n) is 3.76. The van der Waals surface area contributed by atoms with Gasteiger partial charge in [-0.05, 0) is 18.2 Å². The number of halogens is 1. The van der Waals surface area contributed by atoms with E-state index in [0.29, 0.717) is 6.42 Å². The molecule has 0 aromatic heterocycles. The van der Waals surface area contributed by atoms with E-state index in [4.69, 9.17) is 9.47 Å². The molecular weight excluding hydrogens is 284 g/mol. The van der Waals surface area contributed by atoms with E-state index in [0.717, 1.165) is 28.6 Å². The average Bonchev–Trinajstić information content (AvgIpc) is 2.26. The van der Waals surface area contributed by atoms with E-state index in [9.17, 15) is 5.11 Å². The molecule has 0 bridgehead atoms. The predicted octanol–water partition coefficient (Wildman–Crippen LogP) is 2.81. The minimum atomic E-state index is -0.436. The second-order valence-electron chi connectivity index (χ2n) is 4.95. The van der Waals surface area contributed by atoms with Crippen LogP contribution in [0.25, 0.3) is 0 Å². The molecule has 1 spiro atoms. The number of methoxy groups -OCH3 is 1. The molecule has 1 aliphatic heterocycles. The van der Waals surface area contributed by atoms with Gasteiger partial charge in [-0.2, -0.15) is 0 Å². The monoisotopic (exact) mass is 298 g/mol. The molecule has 1 aromatic rings. The molecule has 1 aliphatic carbocycles. The lowest BCUT2D eigenvalue weighted by atomic mass is 9.71. The van der Waals surface area contributed by atoms with Gasteiger partial charge in [0.25, 0.3) is 0 Å². The van der Waals surface area contributed by atoms with Crippen LogP contribution in [0, 0.1) is 0 Å². The van der Waals surface area contributed by atoms with Crippen molar-refractivity contribution in [3.8, 4) is 5.75 Å². The van der Waals surface area contributed by atoms with Gasteiger partial charge >= 0.3 is 0 Å². The van der Waals surface area contributed by atoms with E-state index in [1.165, 1.54) is 0 Å². The Hall–Kier alpha value is -0.580. The van der Waals surface area contributed by atoms with Crippen molar-refractivity contribution >= 4 is 15.9 Å². The smallest absolute Gasteiger partial charge is 0.126 e. The number of fused-ring (bicyclic) bond motifs is 1. The number of hydrogen-bond donors (Lipinski definition) is 1. The van der Waals surface area contributed by atoms with Crippen LogP contribution in [0.3, 0.4) is 0 Å². The zero-order chi connectivity index (χ0) is 12.0. The van der Waals surface area contributed by atoms with Crippen molar-refractivity contribution < 1.29 is 14.6 Å². The molecule has 1 fully saturated rings. The average molecular weight is 299 g/mol. The van der Waals surface area contributed by atoms with Crippen LogP contribution in [0.1, 0.15) is 30.9 Å². The largest absolute Gasteiger partial charge is 0.487 e. The second-order valence-corrected chi connectivity index (χ2v) is 5.87. The second kappa shape index (κ2) is 3.97. The van der Waals surface area contributed by atoms with Gasteiger partial charge in [0.2, 0.25) is 0 Å². The van der Waals surface area contributed by atoms with E-state index in [1.807, 2.05) is 18.2 Å². The highest BCUT2D eigenvalue weighted by Gasteiger charge is 2.50. The van der Waals surface area contributed by atoms with Crippen molar-refractivity contribution in [1.29, 1.82) is 0 Å². The Morgan fingerprint density at radius 3 is 2.88 bits per heavy atom. The number of aliphatic hydroxyl groups is 1. The van der Waals surface area contributed by atoms with Crippen LogP contribution < -0.4 is 4.74 Å². The normalized spacial score (nSPS) is 35.0. The summed E-state index contributed by atoms with van der Waals surface area (Å²) in [7, 11) is 1.72. The molecule has 1 unspecified atom stereocenters. The number of hydrogen-bond acceptors (Lipinski definition) is 3. The fourth-order valence-corrected chi connectivity index (χ4v) is 3.18. The summed E-state index contributed by atoms with van der Waals surface area (Å²) in [5.41, 5.74) is 0.673. The number of ether oxygens (including phenoxy) is 2. The van der Waals surface area contributed by atoms with E-state index < -0.39 is 6.10 Å². The van der Waals surface area contributed by atoms with Crippen molar-refractivity contribution in [2.24, 2.45) is 0 Å². The highest BCUT2D eigenvalue weighted by Crippen LogP contribution is 2.49. The lowest BCUT2D eigenvalue weighted by Crippen LogP contribution is -2.54. The third kappa shape index (κ3) is 1.88. The fourth-order valence-electron chi connectivity index (χ4n) is 2.80. The summed E-state index contributed by atoms with van der Waals surface area (Å²) in [6, 6.07) is 5.79. The lowest BCUT2D eigenvalue weighted by Gasteiger charge is -2.50. The Bertz CT molecular complexity index is 440. The van der Waals surface area contributed by atoms with Gasteiger partial charge in [0.05, 0.1) is 12.2 Å². The molecule has 0 amide bonds. The molecule has 3 nitrogen and oxygen atoms in total. The van der Waals surface area contributed by atoms with Gasteiger partial charge in [-0.1, -0.05) is 15.9 Å². The van der Waals surface area contributed by atoms with Gasteiger partial charge in [-0.15, -0.1) is 0 Å². The van der Waals surface area contributed by atoms with Crippen LogP contribution in [-0.4, -0.2) is 23.9 Å². The molecule has 1 saturated carbocycles. The van der Waals surface area contributed by atoms with Crippen molar-refractivity contribution in [3.63, 3.8) is 0 Å². The topological polar surface area (TPSA) is 38.7 Å². The Labute approximate surface area is 109 Å². The summed E-state index contributed by atoms with van der Waals surface area (Å²) in [6.07, 6.45) is 2.25. The van der Waals surface area contributed by atoms with E-state index in [-0.39, 0.29) is 11.7 Å². The van der Waals surface area contributed by atoms with Gasteiger partial charge < -0.3 is 14.6 Å². The summed E-state index contributed by atoms with van der Waals surface area (Å²) in [5.74, 6) is 0.807. The van der Waals surface area contributed by atoms with Crippen molar-refractivity contribution in [1.82, 2.24) is 0 Å². The lowest BCUT2D eigenvalue weighted by molar-refractivity contribution is -0.139. The third-order valence-corrected chi connectivity index (χ3v) is 4.25. The molecule has 92 valence electrons. The Kier molecular flexibility index (Phi) is 2.69. The first-order chi connectivity index (χ1) is 8.12. The zero-order valence-electron chi connectivity index (χ0n) is 9.65. The van der Waals surface area contributed by atoms with Gasteiger partial charge in [-0.3, -0.25) is 0 Å². The molecule has 1 atom stereocenters. The van der Waals surface area contributed by atoms with Crippen molar-refractivity contribution in [3.05, 3.63) is 28.2 Å². The standard InChI is InChI=1S/C13H15BrO3/c1-16-9-5-13(6-9)7-11(15)10-4-8(14)2-3-12(10)17-13/h2-4,9,11,15H,5-7H2,1H3. The van der Waals surface area contributed by atoms with Gasteiger partial charge in [0.1, 0.15) is 11.4 Å². The van der Waals surface area contributed by atoms with Crippen LogP contribution in [0.4, 0.5) is 0 Å². The number of benzene rings is 1. The number of aliphatic hydroxyl groups excluding tert-OH is 1. The molecule has 0 saturated heterocycles. The highest BCUT2D eigenvalue weighted by atomic mass is 79.9. The van der Waals surface area contributed by atoms with Gasteiger partial charge in [0, 0.05) is 36.4 Å². The van der Waals surface area contributed by atoms with Crippen molar-refractivity contribution in [2.75, 3.05) is 7.11 Å². The molecule has 4 heteroatoms. The van der Waals surface area contributed by atoms with Crippen LogP contribution in [0.5, 0.6) is 5.75 Å². The maximum atomic E-state index is 10.2. The first kappa shape index (κ1) is 11.5. The zero-order valence-corrected chi connectivity index (χ0v) is 11.2. The van der Waals surface area contributed by atoms with Crippen LogP contribution in [0.15, 0.2) is 22.7 Å². The predicted molar refractivity (Wildman–Crippen MR) is 67.1 cm³/mol. The van der Waals surface area contributed by atoms with Crippen LogP contribution in [0.2, 0.25) is 0 Å². The Balaban J connectivity index is 1.87. The van der Waals surface area contributed by atoms with E-state index in [2.05, 4.69) is 15.9 Å². The first-order valence-electron chi connectivity index (χ1n) is 5.81. The number of rotatable bonds is 1. The summed E-state index contributed by atoms with van der Waals surface area (Å²) < 4.78 is 12.3. The molecule has 2 aliphatic rings. The Morgan fingerprint density at radius 1 is 1.41 bits per heavy atom. The van der Waals surface area contributed by atoms with Crippen molar-refractivity contribution in [2.45, 2.75) is 37.1 Å². The minimum absolute atomic E-state index is 0.207. The Morgan fingerprint density at radius 2 is 2.18 bits per heavy atom. The molecular formula is C13H15BrO3. The molecule has 17 heavy (non-hydrogen) atoms. The molecule has 1 aromatic carbocycles. The van der Waals surface area contributed by atoms with E-state index in [1.54, 1.807) is 7.11 Å². The van der Waals surface area contributed by atoms with Gasteiger partial charge in [-0.25, -0.2) is 0 Å². The minimum Gasteiger partial charge on any atom is -0.487 e. The highest BCUT2D eigenvalue weighted by molar-refractivity contribution is 9.10.